The molecular formula is C21H21N5O2S. The van der Waals surface area contributed by atoms with Crippen molar-refractivity contribution >= 4 is 28.6 Å². The van der Waals surface area contributed by atoms with Crippen molar-refractivity contribution in [2.24, 2.45) is 0 Å². The Balaban J connectivity index is 1.54. The van der Waals surface area contributed by atoms with Crippen LogP contribution in [0.1, 0.15) is 17.0 Å². The first-order valence-corrected chi connectivity index (χ1v) is 10.2. The van der Waals surface area contributed by atoms with Crippen LogP contribution in [0.2, 0.25) is 0 Å². The number of benzene rings is 2. The molecule has 7 nitrogen and oxygen atoms in total. The Kier molecular flexibility index (Phi) is 5.81. The molecule has 3 N–H and O–H groups in total. The molecule has 0 saturated carbocycles. The number of ether oxygens (including phenoxy) is 1. The predicted octanol–water partition coefficient (Wildman–Crippen LogP) is 3.34. The molecule has 2 aromatic heterocycles. The summed E-state index contributed by atoms with van der Waals surface area (Å²) < 4.78 is 5.28. The highest BCUT2D eigenvalue weighted by Gasteiger charge is 2.19. The third kappa shape index (κ3) is 4.43. The van der Waals surface area contributed by atoms with Crippen LogP contribution >= 0.6 is 11.8 Å². The van der Waals surface area contributed by atoms with Crippen LogP contribution < -0.4 is 10.1 Å². The molecule has 0 fully saturated rings. The minimum absolute atomic E-state index is 0.0104. The fraction of sp³-hybridized carbons (Fsp3) is 0.190. The molecule has 0 aliphatic heterocycles. The summed E-state index contributed by atoms with van der Waals surface area (Å²) in [5.74, 6) is 1.04. The van der Waals surface area contributed by atoms with E-state index >= 15 is 0 Å². The number of nitrogens with one attached hydrogen (secondary N) is 3. The van der Waals surface area contributed by atoms with E-state index in [1.165, 1.54) is 18.1 Å². The molecule has 2 heterocycles. The van der Waals surface area contributed by atoms with Crippen molar-refractivity contribution in [3.05, 3.63) is 72.2 Å². The number of para-hydroxylation sites is 1. The number of thioether (sulfide) groups is 1. The lowest BCUT2D eigenvalue weighted by Gasteiger charge is -2.18. The number of nitrogens with zero attached hydrogens (tertiary/aromatic N) is 2. The standard InChI is InChI=1S/C21H21N5O2S/c1-28-15-8-6-14(7-9-15)17(18-11-22-19-5-3-2-4-16(18)19)10-23-20(27)12-29-21-24-13-25-26-21/h2-9,11,13,17,22H,10,12H2,1H3,(H,23,27)(H,24,25,26)/t17-/m0/s1. The van der Waals surface area contributed by atoms with Gasteiger partial charge in [-0.05, 0) is 29.3 Å². The molecule has 8 heteroatoms. The fourth-order valence-electron chi connectivity index (χ4n) is 3.29. The molecule has 0 aliphatic carbocycles. The molecule has 0 bridgehead atoms. The maximum atomic E-state index is 12.4. The van der Waals surface area contributed by atoms with Crippen LogP contribution in [0.25, 0.3) is 10.9 Å². The highest BCUT2D eigenvalue weighted by atomic mass is 32.2. The van der Waals surface area contributed by atoms with Crippen LogP contribution in [-0.4, -0.2) is 45.5 Å². The monoisotopic (exact) mass is 407 g/mol. The van der Waals surface area contributed by atoms with E-state index in [1.54, 1.807) is 7.11 Å². The van der Waals surface area contributed by atoms with E-state index in [4.69, 9.17) is 4.74 Å². The summed E-state index contributed by atoms with van der Waals surface area (Å²) >= 11 is 1.32. The third-order valence-electron chi connectivity index (χ3n) is 4.75. The second-order valence-electron chi connectivity index (χ2n) is 6.50. The number of amides is 1. The summed E-state index contributed by atoms with van der Waals surface area (Å²) in [4.78, 5) is 19.7. The van der Waals surface area contributed by atoms with Gasteiger partial charge in [0.2, 0.25) is 5.91 Å². The topological polar surface area (TPSA) is 95.7 Å². The van der Waals surface area contributed by atoms with E-state index in [0.29, 0.717) is 11.7 Å². The van der Waals surface area contributed by atoms with Crippen molar-refractivity contribution in [3.8, 4) is 5.75 Å². The Hall–Kier alpha value is -3.26. The molecule has 0 spiro atoms. The number of H-pyrrole nitrogens is 2. The molecule has 0 saturated heterocycles. The molecular weight excluding hydrogens is 386 g/mol. The summed E-state index contributed by atoms with van der Waals surface area (Å²) in [6.07, 6.45) is 3.45. The van der Waals surface area contributed by atoms with Crippen molar-refractivity contribution in [2.45, 2.75) is 11.1 Å². The number of carbonyl (C=O) groups excluding carboxylic acids is 1. The van der Waals surface area contributed by atoms with Crippen LogP contribution in [0, 0.1) is 0 Å². The van der Waals surface area contributed by atoms with Crippen LogP contribution in [-0.2, 0) is 4.79 Å². The molecule has 148 valence electrons. The third-order valence-corrected chi connectivity index (χ3v) is 5.63. The van der Waals surface area contributed by atoms with Crippen molar-refractivity contribution in [1.82, 2.24) is 25.5 Å². The first-order chi connectivity index (χ1) is 14.2. The number of aromatic nitrogens is 4. The van der Waals surface area contributed by atoms with E-state index in [-0.39, 0.29) is 17.6 Å². The fourth-order valence-corrected chi connectivity index (χ4v) is 3.90. The summed E-state index contributed by atoms with van der Waals surface area (Å²) in [6.45, 7) is 0.490. The predicted molar refractivity (Wildman–Crippen MR) is 113 cm³/mol. The van der Waals surface area contributed by atoms with Crippen LogP contribution in [0.4, 0.5) is 0 Å². The normalized spacial score (nSPS) is 12.0. The van der Waals surface area contributed by atoms with Gasteiger partial charge in [0, 0.05) is 29.6 Å². The summed E-state index contributed by atoms with van der Waals surface area (Å²) in [5.41, 5.74) is 3.33. The number of fused-ring (bicyclic) bond motifs is 1. The van der Waals surface area contributed by atoms with Crippen molar-refractivity contribution in [3.63, 3.8) is 0 Å². The maximum absolute atomic E-state index is 12.4. The minimum atomic E-state index is -0.0512. The van der Waals surface area contributed by atoms with Gasteiger partial charge < -0.3 is 15.0 Å². The van der Waals surface area contributed by atoms with E-state index in [2.05, 4.69) is 37.6 Å². The molecule has 1 amide bonds. The molecule has 29 heavy (non-hydrogen) atoms. The molecule has 0 aliphatic rings. The van der Waals surface area contributed by atoms with Gasteiger partial charge in [0.05, 0.1) is 12.9 Å². The zero-order valence-electron chi connectivity index (χ0n) is 15.9. The van der Waals surface area contributed by atoms with Crippen LogP contribution in [0.3, 0.4) is 0 Å². The Morgan fingerprint density at radius 2 is 2.03 bits per heavy atom. The number of carbonyl (C=O) groups is 1. The van der Waals surface area contributed by atoms with Gasteiger partial charge in [0.15, 0.2) is 5.16 Å². The Bertz CT molecular complexity index is 1080. The average Bonchev–Trinajstić information content (AvgIpc) is 3.43. The smallest absolute Gasteiger partial charge is 0.230 e. The number of methoxy groups -OCH3 is 1. The molecule has 4 aromatic rings. The summed E-state index contributed by atoms with van der Waals surface area (Å²) in [6, 6.07) is 16.2. The summed E-state index contributed by atoms with van der Waals surface area (Å²) in [7, 11) is 1.65. The quantitative estimate of drug-likeness (QED) is 0.389. The molecule has 0 unspecified atom stereocenters. The molecule has 2 aromatic carbocycles. The largest absolute Gasteiger partial charge is 0.497 e. The van der Waals surface area contributed by atoms with Gasteiger partial charge in [-0.2, -0.15) is 5.10 Å². The van der Waals surface area contributed by atoms with Gasteiger partial charge in [0.1, 0.15) is 12.1 Å². The number of rotatable bonds is 8. The highest BCUT2D eigenvalue weighted by molar-refractivity contribution is 7.99. The van der Waals surface area contributed by atoms with Gasteiger partial charge in [-0.1, -0.05) is 42.1 Å². The number of hydrogen-bond acceptors (Lipinski definition) is 5. The molecule has 4 rings (SSSR count). The Labute approximate surface area is 172 Å². The first-order valence-electron chi connectivity index (χ1n) is 9.19. The average molecular weight is 407 g/mol. The Morgan fingerprint density at radius 3 is 2.79 bits per heavy atom. The number of aromatic amines is 2. The van der Waals surface area contributed by atoms with Crippen molar-refractivity contribution in [2.75, 3.05) is 19.4 Å². The van der Waals surface area contributed by atoms with Gasteiger partial charge in [-0.25, -0.2) is 4.98 Å². The van der Waals surface area contributed by atoms with Gasteiger partial charge in [-0.3, -0.25) is 9.89 Å². The van der Waals surface area contributed by atoms with Crippen LogP contribution in [0.5, 0.6) is 5.75 Å². The van der Waals surface area contributed by atoms with E-state index in [1.807, 2.05) is 42.6 Å². The van der Waals surface area contributed by atoms with E-state index in [9.17, 15) is 4.79 Å². The van der Waals surface area contributed by atoms with E-state index < -0.39 is 0 Å². The zero-order chi connectivity index (χ0) is 20.1. The van der Waals surface area contributed by atoms with Crippen molar-refractivity contribution in [1.29, 1.82) is 0 Å². The maximum Gasteiger partial charge on any atom is 0.230 e. The first kappa shape index (κ1) is 19.1. The molecule has 0 radical (unpaired) electrons. The zero-order valence-corrected chi connectivity index (χ0v) is 16.7. The molecule has 1 atom stereocenters. The Morgan fingerprint density at radius 1 is 1.21 bits per heavy atom. The van der Waals surface area contributed by atoms with Crippen LogP contribution in [0.15, 0.2) is 66.2 Å². The van der Waals surface area contributed by atoms with Gasteiger partial charge in [0.25, 0.3) is 0 Å². The lowest BCUT2D eigenvalue weighted by molar-refractivity contribution is -0.118. The van der Waals surface area contributed by atoms with E-state index in [0.717, 1.165) is 27.8 Å². The second-order valence-corrected chi connectivity index (χ2v) is 7.46. The van der Waals surface area contributed by atoms with Gasteiger partial charge >= 0.3 is 0 Å². The second kappa shape index (κ2) is 8.83. The van der Waals surface area contributed by atoms with Gasteiger partial charge in [-0.15, -0.1) is 0 Å². The SMILES string of the molecule is COc1ccc([C@H](CNC(=O)CSc2ncn[nH]2)c2c[nH]c3ccccc23)cc1. The highest BCUT2D eigenvalue weighted by Crippen LogP contribution is 2.31. The lowest BCUT2D eigenvalue weighted by Crippen LogP contribution is -2.30. The summed E-state index contributed by atoms with van der Waals surface area (Å²) in [5, 5.41) is 11.4. The van der Waals surface area contributed by atoms with Crippen molar-refractivity contribution < 1.29 is 9.53 Å². The number of hydrogen-bond donors (Lipinski definition) is 3. The minimum Gasteiger partial charge on any atom is -0.497 e. The lowest BCUT2D eigenvalue weighted by atomic mass is 9.91.